The van der Waals surface area contributed by atoms with Crippen molar-refractivity contribution >= 4 is 34.9 Å². The van der Waals surface area contributed by atoms with Crippen LogP contribution in [0.1, 0.15) is 43.2 Å². The summed E-state index contributed by atoms with van der Waals surface area (Å²) in [5.41, 5.74) is 1.12. The fourth-order valence-corrected chi connectivity index (χ4v) is 5.48. The average molecular weight is 506 g/mol. The smallest absolute Gasteiger partial charge is 0.318 e. The van der Waals surface area contributed by atoms with Crippen molar-refractivity contribution in [1.29, 1.82) is 0 Å². The molecule has 1 saturated heterocycles. The van der Waals surface area contributed by atoms with Gasteiger partial charge in [-0.2, -0.15) is 0 Å². The SMILES string of the molecule is CC(C)NC(=O)N(CC(=O)N1CCc2sccc2[C@@H]1COc1ccc(Cl)cc1)C[C@@H]1CCCO1. The van der Waals surface area contributed by atoms with Crippen LogP contribution in [-0.4, -0.2) is 66.7 Å². The Kier molecular flexibility index (Phi) is 8.34. The van der Waals surface area contributed by atoms with Crippen LogP contribution in [0, 0.1) is 0 Å². The van der Waals surface area contributed by atoms with Gasteiger partial charge in [0.15, 0.2) is 0 Å². The van der Waals surface area contributed by atoms with Crippen molar-refractivity contribution in [3.05, 3.63) is 51.2 Å². The lowest BCUT2D eigenvalue weighted by Crippen LogP contribution is -2.52. The van der Waals surface area contributed by atoms with Crippen molar-refractivity contribution in [2.45, 2.75) is 51.3 Å². The molecule has 1 aromatic carbocycles. The van der Waals surface area contributed by atoms with Gasteiger partial charge < -0.3 is 24.6 Å². The first-order valence-corrected chi connectivity index (χ1v) is 13.1. The number of hydrogen-bond acceptors (Lipinski definition) is 5. The minimum absolute atomic E-state index is 0.00925. The molecule has 0 radical (unpaired) electrons. The summed E-state index contributed by atoms with van der Waals surface area (Å²) in [7, 11) is 0. The molecule has 2 aliphatic heterocycles. The second kappa shape index (κ2) is 11.4. The van der Waals surface area contributed by atoms with E-state index in [1.54, 1.807) is 28.4 Å². The standard InChI is InChI=1S/C25H32ClN3O4S/c1-17(2)27-25(31)28(14-20-4-3-12-32-20)15-24(30)29-11-9-23-21(10-13-34-23)22(29)16-33-19-7-5-18(26)6-8-19/h5-8,10,13,17,20,22H,3-4,9,11-12,14-16H2,1-2H3,(H,27,31)/t20-,22-/m0/s1. The van der Waals surface area contributed by atoms with Gasteiger partial charge >= 0.3 is 6.03 Å². The van der Waals surface area contributed by atoms with Gasteiger partial charge in [-0.25, -0.2) is 4.79 Å². The molecule has 0 unspecified atom stereocenters. The maximum absolute atomic E-state index is 13.6. The third kappa shape index (κ3) is 6.23. The lowest BCUT2D eigenvalue weighted by atomic mass is 10.0. The quantitative estimate of drug-likeness (QED) is 0.573. The van der Waals surface area contributed by atoms with Gasteiger partial charge in [-0.1, -0.05) is 11.6 Å². The number of halogens is 1. The topological polar surface area (TPSA) is 71.1 Å². The van der Waals surface area contributed by atoms with E-state index in [2.05, 4.69) is 16.8 Å². The number of thiophene rings is 1. The van der Waals surface area contributed by atoms with Gasteiger partial charge in [0.1, 0.15) is 18.9 Å². The molecule has 2 atom stereocenters. The molecule has 0 saturated carbocycles. The summed E-state index contributed by atoms with van der Waals surface area (Å²) in [5, 5.41) is 5.64. The number of hydrogen-bond donors (Lipinski definition) is 1. The van der Waals surface area contributed by atoms with Crippen LogP contribution in [0.4, 0.5) is 4.79 Å². The number of nitrogens with zero attached hydrogens (tertiary/aromatic N) is 2. The van der Waals surface area contributed by atoms with Gasteiger partial charge in [0, 0.05) is 35.6 Å². The number of carbonyl (C=O) groups excluding carboxylic acids is 2. The van der Waals surface area contributed by atoms with Crippen LogP contribution < -0.4 is 10.1 Å². The highest BCUT2D eigenvalue weighted by molar-refractivity contribution is 7.10. The van der Waals surface area contributed by atoms with Gasteiger partial charge in [0.05, 0.1) is 12.1 Å². The van der Waals surface area contributed by atoms with E-state index in [1.807, 2.05) is 30.9 Å². The summed E-state index contributed by atoms with van der Waals surface area (Å²) in [5.74, 6) is 0.619. The van der Waals surface area contributed by atoms with Crippen molar-refractivity contribution in [2.75, 3.05) is 32.8 Å². The number of urea groups is 1. The van der Waals surface area contributed by atoms with E-state index in [9.17, 15) is 9.59 Å². The number of rotatable bonds is 8. The van der Waals surface area contributed by atoms with Crippen LogP contribution in [-0.2, 0) is 16.0 Å². The molecule has 9 heteroatoms. The highest BCUT2D eigenvalue weighted by Crippen LogP contribution is 2.34. The van der Waals surface area contributed by atoms with Gasteiger partial charge in [-0.15, -0.1) is 11.3 Å². The molecular formula is C25H32ClN3O4S. The van der Waals surface area contributed by atoms with Crippen LogP contribution in [0.2, 0.25) is 5.02 Å². The third-order valence-corrected chi connectivity index (χ3v) is 7.36. The second-order valence-corrected chi connectivity index (χ2v) is 10.5. The fraction of sp³-hybridized carbons (Fsp3) is 0.520. The Hall–Kier alpha value is -2.29. The Morgan fingerprint density at radius 1 is 1.29 bits per heavy atom. The molecule has 2 aromatic rings. The monoisotopic (exact) mass is 505 g/mol. The Labute approximate surface area is 210 Å². The Morgan fingerprint density at radius 3 is 2.79 bits per heavy atom. The zero-order valence-electron chi connectivity index (χ0n) is 19.7. The molecule has 0 bridgehead atoms. The predicted molar refractivity (Wildman–Crippen MR) is 134 cm³/mol. The van der Waals surface area contributed by atoms with E-state index in [4.69, 9.17) is 21.1 Å². The third-order valence-electron chi connectivity index (χ3n) is 6.11. The normalized spacial score (nSPS) is 19.7. The first kappa shape index (κ1) is 24.8. The average Bonchev–Trinajstić information content (AvgIpc) is 3.49. The molecule has 184 valence electrons. The van der Waals surface area contributed by atoms with E-state index in [0.717, 1.165) is 24.8 Å². The first-order valence-electron chi connectivity index (χ1n) is 11.8. The van der Waals surface area contributed by atoms with Crippen LogP contribution in [0.25, 0.3) is 0 Å². The lowest BCUT2D eigenvalue weighted by Gasteiger charge is -2.37. The van der Waals surface area contributed by atoms with Crippen molar-refractivity contribution in [3.8, 4) is 5.75 Å². The second-order valence-electron chi connectivity index (χ2n) is 9.04. The molecule has 2 aliphatic rings. The zero-order valence-corrected chi connectivity index (χ0v) is 21.2. The molecule has 3 amide bonds. The largest absolute Gasteiger partial charge is 0.491 e. The van der Waals surface area contributed by atoms with Gasteiger partial charge in [0.25, 0.3) is 0 Å². The van der Waals surface area contributed by atoms with E-state index >= 15 is 0 Å². The van der Waals surface area contributed by atoms with Crippen LogP contribution >= 0.6 is 22.9 Å². The number of nitrogens with one attached hydrogen (secondary N) is 1. The maximum Gasteiger partial charge on any atom is 0.318 e. The molecule has 1 aromatic heterocycles. The zero-order chi connectivity index (χ0) is 24.1. The molecule has 0 aliphatic carbocycles. The summed E-state index contributed by atoms with van der Waals surface area (Å²) in [6, 6.07) is 8.83. The number of carbonyl (C=O) groups is 2. The van der Waals surface area contributed by atoms with Gasteiger partial charge in [-0.05, 0) is 74.4 Å². The van der Waals surface area contributed by atoms with Crippen molar-refractivity contribution < 1.29 is 19.1 Å². The molecule has 4 rings (SSSR count). The Bertz CT molecular complexity index is 975. The van der Waals surface area contributed by atoms with E-state index < -0.39 is 0 Å². The van der Waals surface area contributed by atoms with Crippen molar-refractivity contribution in [1.82, 2.24) is 15.1 Å². The summed E-state index contributed by atoms with van der Waals surface area (Å²) < 4.78 is 11.8. The maximum atomic E-state index is 13.6. The first-order chi connectivity index (χ1) is 16.4. The van der Waals surface area contributed by atoms with Gasteiger partial charge in [-0.3, -0.25) is 4.79 Å². The Morgan fingerprint density at radius 2 is 2.09 bits per heavy atom. The number of amides is 3. The van der Waals surface area contributed by atoms with E-state index in [1.165, 1.54) is 4.88 Å². The molecule has 3 heterocycles. The Balaban J connectivity index is 1.48. The summed E-state index contributed by atoms with van der Waals surface area (Å²) >= 11 is 7.70. The van der Waals surface area contributed by atoms with Gasteiger partial charge in [0.2, 0.25) is 5.91 Å². The van der Waals surface area contributed by atoms with E-state index in [0.29, 0.717) is 37.1 Å². The highest BCUT2D eigenvalue weighted by atomic mass is 35.5. The molecule has 1 fully saturated rings. The predicted octanol–water partition coefficient (Wildman–Crippen LogP) is 4.51. The van der Waals surface area contributed by atoms with Crippen molar-refractivity contribution in [3.63, 3.8) is 0 Å². The number of fused-ring (bicyclic) bond motifs is 1. The van der Waals surface area contributed by atoms with Crippen molar-refractivity contribution in [2.24, 2.45) is 0 Å². The van der Waals surface area contributed by atoms with Crippen LogP contribution in [0.5, 0.6) is 5.75 Å². The minimum atomic E-state index is -0.235. The molecule has 34 heavy (non-hydrogen) atoms. The van der Waals surface area contributed by atoms with Crippen LogP contribution in [0.3, 0.4) is 0 Å². The summed E-state index contributed by atoms with van der Waals surface area (Å²) in [4.78, 5) is 31.2. The molecule has 0 spiro atoms. The number of ether oxygens (including phenoxy) is 2. The van der Waals surface area contributed by atoms with Crippen LogP contribution in [0.15, 0.2) is 35.7 Å². The number of benzene rings is 1. The van der Waals surface area contributed by atoms with E-state index in [-0.39, 0.29) is 36.7 Å². The summed E-state index contributed by atoms with van der Waals surface area (Å²) in [6.07, 6.45) is 2.66. The summed E-state index contributed by atoms with van der Waals surface area (Å²) in [6.45, 7) is 5.88. The molecule has 1 N–H and O–H groups in total. The molecule has 7 nitrogen and oxygen atoms in total. The molecular weight excluding hydrogens is 474 g/mol. The highest BCUT2D eigenvalue weighted by Gasteiger charge is 2.34. The lowest BCUT2D eigenvalue weighted by molar-refractivity contribution is -0.135. The fourth-order valence-electron chi connectivity index (χ4n) is 4.43. The minimum Gasteiger partial charge on any atom is -0.491 e.